The Bertz CT molecular complexity index is 331. The van der Waals surface area contributed by atoms with Crippen molar-refractivity contribution in [3.05, 3.63) is 40.9 Å². The number of aryl methyl sites for hydroxylation is 1. The maximum atomic E-state index is 5.88. The molecule has 0 atom stereocenters. The fourth-order valence-electron chi connectivity index (χ4n) is 1.36. The molecule has 1 nitrogen and oxygen atoms in total. The minimum absolute atomic E-state index is 0.791. The van der Waals surface area contributed by atoms with Crippen molar-refractivity contribution in [3.63, 3.8) is 0 Å². The van der Waals surface area contributed by atoms with Crippen LogP contribution < -0.4 is 5.32 Å². The number of anilines is 1. The highest BCUT2D eigenvalue weighted by molar-refractivity contribution is 6.30. The van der Waals surface area contributed by atoms with E-state index in [0.717, 1.165) is 23.7 Å². The van der Waals surface area contributed by atoms with Gasteiger partial charge in [0.15, 0.2) is 0 Å². The first-order chi connectivity index (χ1) is 7.24. The number of unbranched alkanes of at least 4 members (excludes halogenated alkanes) is 1. The van der Waals surface area contributed by atoms with Gasteiger partial charge in [-0.1, -0.05) is 37.1 Å². The molecule has 1 rings (SSSR count). The van der Waals surface area contributed by atoms with Gasteiger partial charge in [-0.25, -0.2) is 0 Å². The predicted molar refractivity (Wildman–Crippen MR) is 68.7 cm³/mol. The number of hydrogen-bond acceptors (Lipinski definition) is 1. The number of halogens is 1. The molecule has 1 aromatic rings. The Morgan fingerprint density at radius 2 is 2.13 bits per heavy atom. The van der Waals surface area contributed by atoms with Crippen molar-refractivity contribution in [3.8, 4) is 0 Å². The largest absolute Gasteiger partial charge is 0.381 e. The van der Waals surface area contributed by atoms with Crippen LogP contribution in [0.25, 0.3) is 0 Å². The van der Waals surface area contributed by atoms with Crippen LogP contribution in [-0.4, -0.2) is 6.54 Å². The molecule has 82 valence electrons. The molecule has 0 aliphatic carbocycles. The summed E-state index contributed by atoms with van der Waals surface area (Å²) in [5, 5.41) is 4.14. The smallest absolute Gasteiger partial charge is 0.0410 e. The molecule has 1 aromatic carbocycles. The third kappa shape index (κ3) is 4.39. The van der Waals surface area contributed by atoms with Crippen molar-refractivity contribution in [2.75, 3.05) is 11.9 Å². The van der Waals surface area contributed by atoms with Crippen molar-refractivity contribution >= 4 is 17.3 Å². The molecule has 0 saturated heterocycles. The number of benzene rings is 1. The highest BCUT2D eigenvalue weighted by atomic mass is 35.5. The van der Waals surface area contributed by atoms with Crippen LogP contribution in [0.2, 0.25) is 5.02 Å². The summed E-state index contributed by atoms with van der Waals surface area (Å²) in [5.74, 6) is 0. The van der Waals surface area contributed by atoms with Gasteiger partial charge in [0.2, 0.25) is 0 Å². The molecule has 0 unspecified atom stereocenters. The molecule has 0 aliphatic rings. The van der Waals surface area contributed by atoms with Crippen molar-refractivity contribution < 1.29 is 0 Å². The third-order valence-corrected chi connectivity index (χ3v) is 2.46. The lowest BCUT2D eigenvalue weighted by Gasteiger charge is -2.07. The molecule has 0 fully saturated rings. The van der Waals surface area contributed by atoms with Gasteiger partial charge in [0, 0.05) is 17.3 Å². The second kappa shape index (κ2) is 6.52. The van der Waals surface area contributed by atoms with Crippen LogP contribution in [0.3, 0.4) is 0 Å². The first-order valence-corrected chi connectivity index (χ1v) is 5.77. The molecule has 0 aromatic heterocycles. The van der Waals surface area contributed by atoms with E-state index in [1.165, 1.54) is 12.0 Å². The molecule has 0 radical (unpaired) electrons. The number of hydrogen-bond donors (Lipinski definition) is 1. The molecular weight excluding hydrogens is 206 g/mol. The molecule has 0 aliphatic heterocycles. The van der Waals surface area contributed by atoms with Gasteiger partial charge in [-0.3, -0.25) is 0 Å². The summed E-state index contributed by atoms with van der Waals surface area (Å²) in [7, 11) is 0. The molecule has 0 heterocycles. The van der Waals surface area contributed by atoms with Crippen molar-refractivity contribution in [2.24, 2.45) is 0 Å². The average Bonchev–Trinajstić information content (AvgIpc) is 2.20. The van der Waals surface area contributed by atoms with Crippen LogP contribution in [-0.2, 0) is 0 Å². The van der Waals surface area contributed by atoms with Gasteiger partial charge in [0.1, 0.15) is 0 Å². The molecular formula is C13H18ClN. The van der Waals surface area contributed by atoms with E-state index in [-0.39, 0.29) is 0 Å². The van der Waals surface area contributed by atoms with E-state index in [2.05, 4.69) is 31.3 Å². The van der Waals surface area contributed by atoms with E-state index in [0.29, 0.717) is 0 Å². The lowest BCUT2D eigenvalue weighted by Crippen LogP contribution is -1.99. The third-order valence-electron chi connectivity index (χ3n) is 2.22. The van der Waals surface area contributed by atoms with E-state index >= 15 is 0 Å². The highest BCUT2D eigenvalue weighted by Gasteiger charge is 1.96. The van der Waals surface area contributed by atoms with Gasteiger partial charge >= 0.3 is 0 Å². The highest BCUT2D eigenvalue weighted by Crippen LogP contribution is 2.19. The first kappa shape index (κ1) is 12.1. The Morgan fingerprint density at radius 1 is 1.33 bits per heavy atom. The summed E-state index contributed by atoms with van der Waals surface area (Å²) in [5.41, 5.74) is 2.34. The number of rotatable bonds is 5. The molecule has 0 amide bonds. The molecule has 0 spiro atoms. The average molecular weight is 224 g/mol. The summed E-state index contributed by atoms with van der Waals surface area (Å²) in [6.07, 6.45) is 6.73. The Kier molecular flexibility index (Phi) is 5.27. The topological polar surface area (TPSA) is 12.0 Å². The number of nitrogens with one attached hydrogen (secondary N) is 1. The van der Waals surface area contributed by atoms with E-state index in [1.54, 1.807) is 0 Å². The van der Waals surface area contributed by atoms with Crippen LogP contribution >= 0.6 is 11.6 Å². The second-order valence-corrected chi connectivity index (χ2v) is 4.04. The van der Waals surface area contributed by atoms with Crippen LogP contribution in [0.15, 0.2) is 30.4 Å². The van der Waals surface area contributed by atoms with E-state index in [9.17, 15) is 0 Å². The summed E-state index contributed by atoms with van der Waals surface area (Å²) in [6, 6.07) is 5.90. The second-order valence-electron chi connectivity index (χ2n) is 3.60. The quantitative estimate of drug-likeness (QED) is 0.729. The molecule has 1 N–H and O–H groups in total. The van der Waals surface area contributed by atoms with Gasteiger partial charge in [-0.05, 0) is 37.1 Å². The maximum absolute atomic E-state index is 5.88. The van der Waals surface area contributed by atoms with Gasteiger partial charge in [0.25, 0.3) is 0 Å². The van der Waals surface area contributed by atoms with Crippen molar-refractivity contribution in [2.45, 2.75) is 26.7 Å². The Hall–Kier alpha value is -0.950. The standard InChI is InChI=1S/C13H18ClN/c1-3-4-5-6-9-15-13-8-7-12(14)10-11(13)2/h5-8,10,15H,3-4,9H2,1-2H3/b6-5+. The molecule has 2 heteroatoms. The lowest BCUT2D eigenvalue weighted by atomic mass is 10.2. The van der Waals surface area contributed by atoms with Crippen LogP contribution in [0.4, 0.5) is 5.69 Å². The first-order valence-electron chi connectivity index (χ1n) is 5.39. The van der Waals surface area contributed by atoms with E-state index < -0.39 is 0 Å². The predicted octanol–water partition coefficient (Wildman–Crippen LogP) is 4.42. The minimum Gasteiger partial charge on any atom is -0.381 e. The fourth-order valence-corrected chi connectivity index (χ4v) is 1.59. The SMILES string of the molecule is CCC/C=C/CNc1ccc(Cl)cc1C. The monoisotopic (exact) mass is 223 g/mol. The zero-order chi connectivity index (χ0) is 11.1. The zero-order valence-electron chi connectivity index (χ0n) is 9.39. The normalized spacial score (nSPS) is 10.9. The number of allylic oxidation sites excluding steroid dienone is 1. The Labute approximate surface area is 97.1 Å². The lowest BCUT2D eigenvalue weighted by molar-refractivity contribution is 0.955. The van der Waals surface area contributed by atoms with Crippen molar-refractivity contribution in [1.82, 2.24) is 0 Å². The van der Waals surface area contributed by atoms with Gasteiger partial charge < -0.3 is 5.32 Å². The zero-order valence-corrected chi connectivity index (χ0v) is 10.1. The van der Waals surface area contributed by atoms with Crippen LogP contribution in [0.5, 0.6) is 0 Å². The fraction of sp³-hybridized carbons (Fsp3) is 0.385. The van der Waals surface area contributed by atoms with E-state index in [1.807, 2.05) is 18.2 Å². The molecule has 0 bridgehead atoms. The molecule has 0 saturated carbocycles. The van der Waals surface area contributed by atoms with Gasteiger partial charge in [-0.15, -0.1) is 0 Å². The summed E-state index contributed by atoms with van der Waals surface area (Å²) >= 11 is 5.88. The summed E-state index contributed by atoms with van der Waals surface area (Å²) < 4.78 is 0. The van der Waals surface area contributed by atoms with Gasteiger partial charge in [-0.2, -0.15) is 0 Å². The summed E-state index contributed by atoms with van der Waals surface area (Å²) in [4.78, 5) is 0. The Balaban J connectivity index is 2.44. The maximum Gasteiger partial charge on any atom is 0.0410 e. The molecule has 15 heavy (non-hydrogen) atoms. The van der Waals surface area contributed by atoms with Crippen LogP contribution in [0.1, 0.15) is 25.3 Å². The van der Waals surface area contributed by atoms with Gasteiger partial charge in [0.05, 0.1) is 0 Å². The summed E-state index contributed by atoms with van der Waals surface area (Å²) in [6.45, 7) is 5.12. The Morgan fingerprint density at radius 3 is 2.80 bits per heavy atom. The van der Waals surface area contributed by atoms with Crippen molar-refractivity contribution in [1.29, 1.82) is 0 Å². The minimum atomic E-state index is 0.791. The van der Waals surface area contributed by atoms with E-state index in [4.69, 9.17) is 11.6 Å². The van der Waals surface area contributed by atoms with Crippen LogP contribution in [0, 0.1) is 6.92 Å².